The first-order valence-corrected chi connectivity index (χ1v) is 12.1. The van der Waals surface area contributed by atoms with Gasteiger partial charge < -0.3 is 4.90 Å². The first-order chi connectivity index (χ1) is 15.0. The van der Waals surface area contributed by atoms with E-state index in [4.69, 9.17) is 0 Å². The van der Waals surface area contributed by atoms with Gasteiger partial charge in [0.05, 0.1) is 5.69 Å². The van der Waals surface area contributed by atoms with Crippen molar-refractivity contribution < 1.29 is 0 Å². The Hall–Kier alpha value is -2.54. The van der Waals surface area contributed by atoms with Crippen molar-refractivity contribution in [3.63, 3.8) is 0 Å². The van der Waals surface area contributed by atoms with E-state index in [2.05, 4.69) is 128 Å². The number of anilines is 3. The van der Waals surface area contributed by atoms with Gasteiger partial charge in [-0.15, -0.1) is 0 Å². The standard InChI is InChI=1S/C31H41N/c1-10-30(6,7)25-12-16-27(17-13-25)32(29-23(4)20-22(3)21-24(29)5)28-18-14-26(15-19-28)31(8,9)11-2/h12-21H,10-11H2,1-9H3. The topological polar surface area (TPSA) is 3.24 Å². The molecule has 0 N–H and O–H groups in total. The minimum atomic E-state index is 0.187. The van der Waals surface area contributed by atoms with Crippen molar-refractivity contribution in [2.45, 2.75) is 86.0 Å². The maximum absolute atomic E-state index is 2.43. The van der Waals surface area contributed by atoms with Gasteiger partial charge in [0, 0.05) is 11.4 Å². The molecular weight excluding hydrogens is 386 g/mol. The van der Waals surface area contributed by atoms with Gasteiger partial charge in [-0.3, -0.25) is 0 Å². The summed E-state index contributed by atoms with van der Waals surface area (Å²) in [6.45, 7) is 20.4. The Bertz CT molecular complexity index is 970. The van der Waals surface area contributed by atoms with Gasteiger partial charge in [0.15, 0.2) is 0 Å². The molecule has 0 bridgehead atoms. The van der Waals surface area contributed by atoms with Gasteiger partial charge in [-0.2, -0.15) is 0 Å². The Labute approximate surface area is 196 Å². The predicted molar refractivity (Wildman–Crippen MR) is 142 cm³/mol. The second-order valence-corrected chi connectivity index (χ2v) is 10.7. The summed E-state index contributed by atoms with van der Waals surface area (Å²) in [6.07, 6.45) is 2.25. The van der Waals surface area contributed by atoms with Crippen molar-refractivity contribution in [2.75, 3.05) is 4.90 Å². The number of nitrogens with zero attached hydrogens (tertiary/aromatic N) is 1. The van der Waals surface area contributed by atoms with Crippen LogP contribution in [0.3, 0.4) is 0 Å². The molecule has 3 aromatic rings. The Balaban J connectivity index is 2.16. The first kappa shape index (κ1) is 24.1. The van der Waals surface area contributed by atoms with Crippen molar-refractivity contribution in [2.24, 2.45) is 0 Å². The van der Waals surface area contributed by atoms with Gasteiger partial charge in [-0.05, 0) is 91.0 Å². The molecule has 0 fully saturated rings. The zero-order chi connectivity index (χ0) is 23.7. The molecule has 1 heteroatoms. The number of rotatable bonds is 7. The Morgan fingerprint density at radius 1 is 0.594 bits per heavy atom. The van der Waals surface area contributed by atoms with Crippen LogP contribution in [0.2, 0.25) is 0 Å². The highest BCUT2D eigenvalue weighted by Crippen LogP contribution is 2.41. The molecule has 0 atom stereocenters. The van der Waals surface area contributed by atoms with Crippen molar-refractivity contribution in [1.82, 2.24) is 0 Å². The van der Waals surface area contributed by atoms with Crippen LogP contribution >= 0.6 is 0 Å². The second-order valence-electron chi connectivity index (χ2n) is 10.7. The van der Waals surface area contributed by atoms with Gasteiger partial charge in [-0.25, -0.2) is 0 Å². The van der Waals surface area contributed by atoms with E-state index in [1.807, 2.05) is 0 Å². The van der Waals surface area contributed by atoms with E-state index in [-0.39, 0.29) is 10.8 Å². The molecule has 32 heavy (non-hydrogen) atoms. The zero-order valence-electron chi connectivity index (χ0n) is 21.6. The highest BCUT2D eigenvalue weighted by molar-refractivity contribution is 5.80. The van der Waals surface area contributed by atoms with Gasteiger partial charge in [0.2, 0.25) is 0 Å². The van der Waals surface area contributed by atoms with E-state index < -0.39 is 0 Å². The van der Waals surface area contributed by atoms with Gasteiger partial charge >= 0.3 is 0 Å². The van der Waals surface area contributed by atoms with E-state index in [1.165, 1.54) is 44.9 Å². The van der Waals surface area contributed by atoms with Crippen LogP contribution in [0, 0.1) is 20.8 Å². The number of aryl methyl sites for hydroxylation is 3. The molecule has 0 radical (unpaired) electrons. The Morgan fingerprint density at radius 3 is 1.25 bits per heavy atom. The highest BCUT2D eigenvalue weighted by Gasteiger charge is 2.22. The molecule has 170 valence electrons. The molecule has 0 amide bonds. The summed E-state index contributed by atoms with van der Waals surface area (Å²) in [4.78, 5) is 2.43. The van der Waals surface area contributed by atoms with Crippen molar-refractivity contribution in [1.29, 1.82) is 0 Å². The second kappa shape index (κ2) is 9.14. The zero-order valence-corrected chi connectivity index (χ0v) is 21.6. The molecule has 0 saturated heterocycles. The third-order valence-corrected chi connectivity index (χ3v) is 7.44. The summed E-state index contributed by atoms with van der Waals surface area (Å²) < 4.78 is 0. The molecule has 1 nitrogen and oxygen atoms in total. The van der Waals surface area contributed by atoms with Crippen LogP contribution in [0.15, 0.2) is 60.7 Å². The minimum absolute atomic E-state index is 0.187. The third-order valence-electron chi connectivity index (χ3n) is 7.44. The number of hydrogen-bond donors (Lipinski definition) is 0. The van der Waals surface area contributed by atoms with E-state index in [9.17, 15) is 0 Å². The average molecular weight is 428 g/mol. The van der Waals surface area contributed by atoms with E-state index in [1.54, 1.807) is 0 Å². The summed E-state index contributed by atoms with van der Waals surface area (Å²) in [5, 5.41) is 0. The van der Waals surface area contributed by atoms with Gasteiger partial charge in [-0.1, -0.05) is 83.5 Å². The molecule has 0 aliphatic rings. The SMILES string of the molecule is CCC(C)(C)c1ccc(N(c2ccc(C(C)(C)CC)cc2)c2c(C)cc(C)cc2C)cc1. The van der Waals surface area contributed by atoms with Crippen LogP contribution in [0.4, 0.5) is 17.1 Å². The third kappa shape index (κ3) is 4.77. The molecule has 0 saturated carbocycles. The molecule has 0 heterocycles. The molecule has 0 aliphatic heterocycles. The van der Waals surface area contributed by atoms with Crippen LogP contribution in [-0.2, 0) is 10.8 Å². The van der Waals surface area contributed by atoms with E-state index in [0.29, 0.717) is 0 Å². The van der Waals surface area contributed by atoms with Gasteiger partial charge in [0.25, 0.3) is 0 Å². The molecule has 0 aromatic heterocycles. The number of hydrogen-bond acceptors (Lipinski definition) is 1. The minimum Gasteiger partial charge on any atom is -0.310 e. The van der Waals surface area contributed by atoms with Crippen molar-refractivity contribution >= 4 is 17.1 Å². The van der Waals surface area contributed by atoms with Crippen LogP contribution in [0.25, 0.3) is 0 Å². The average Bonchev–Trinajstić information content (AvgIpc) is 2.76. The van der Waals surface area contributed by atoms with Crippen LogP contribution in [0.5, 0.6) is 0 Å². The normalized spacial score (nSPS) is 12.2. The summed E-state index contributed by atoms with van der Waals surface area (Å²) in [7, 11) is 0. The fourth-order valence-corrected chi connectivity index (χ4v) is 4.46. The summed E-state index contributed by atoms with van der Waals surface area (Å²) in [5.74, 6) is 0. The van der Waals surface area contributed by atoms with E-state index in [0.717, 1.165) is 12.8 Å². The first-order valence-electron chi connectivity index (χ1n) is 12.1. The quantitative estimate of drug-likeness (QED) is 0.363. The summed E-state index contributed by atoms with van der Waals surface area (Å²) >= 11 is 0. The smallest absolute Gasteiger partial charge is 0.0520 e. The molecule has 3 aromatic carbocycles. The molecule has 0 aliphatic carbocycles. The summed E-state index contributed by atoms with van der Waals surface area (Å²) in [5.41, 5.74) is 10.8. The monoisotopic (exact) mass is 427 g/mol. The van der Waals surface area contributed by atoms with Crippen LogP contribution < -0.4 is 4.90 Å². The lowest BCUT2D eigenvalue weighted by atomic mass is 9.82. The van der Waals surface area contributed by atoms with Crippen LogP contribution in [0.1, 0.15) is 82.2 Å². The van der Waals surface area contributed by atoms with Crippen LogP contribution in [-0.4, -0.2) is 0 Å². The molecule has 0 unspecified atom stereocenters. The maximum atomic E-state index is 2.43. The van der Waals surface area contributed by atoms with Crippen molar-refractivity contribution in [3.05, 3.63) is 88.5 Å². The Kier molecular flexibility index (Phi) is 6.89. The molecular formula is C31H41N. The maximum Gasteiger partial charge on any atom is 0.0520 e. The van der Waals surface area contributed by atoms with Gasteiger partial charge in [0.1, 0.15) is 0 Å². The lowest BCUT2D eigenvalue weighted by molar-refractivity contribution is 0.506. The lowest BCUT2D eigenvalue weighted by Crippen LogP contribution is -2.17. The predicted octanol–water partition coefficient (Wildman–Crippen LogP) is 9.46. The lowest BCUT2D eigenvalue weighted by Gasteiger charge is -2.31. The molecule has 0 spiro atoms. The fraction of sp³-hybridized carbons (Fsp3) is 0.419. The fourth-order valence-electron chi connectivity index (χ4n) is 4.46. The van der Waals surface area contributed by atoms with Crippen molar-refractivity contribution in [3.8, 4) is 0 Å². The van der Waals surface area contributed by atoms with E-state index >= 15 is 0 Å². The summed E-state index contributed by atoms with van der Waals surface area (Å²) in [6, 6.07) is 22.9. The highest BCUT2D eigenvalue weighted by atomic mass is 15.1. The molecule has 3 rings (SSSR count). The number of benzene rings is 3. The Morgan fingerprint density at radius 2 is 0.938 bits per heavy atom. The largest absolute Gasteiger partial charge is 0.310 e.